The highest BCUT2D eigenvalue weighted by atomic mass is 35.5. The number of amides is 1. The number of sulfone groups is 1. The second-order valence-electron chi connectivity index (χ2n) is 4.87. The molecule has 0 spiro atoms. The molecule has 112 valence electrons. The van der Waals surface area contributed by atoms with Gasteiger partial charge in [0.2, 0.25) is 0 Å². The molecule has 0 aromatic heterocycles. The van der Waals surface area contributed by atoms with Crippen LogP contribution in [0.4, 0.5) is 5.69 Å². The number of carbonyl (C=O) groups excluding carboxylic acids is 1. The first kappa shape index (κ1) is 16.8. The maximum atomic E-state index is 12.4. The lowest BCUT2D eigenvalue weighted by molar-refractivity contribution is 0.0768. The largest absolute Gasteiger partial charge is 0.399 e. The summed E-state index contributed by atoms with van der Waals surface area (Å²) in [6.07, 6.45) is 0.495. The van der Waals surface area contributed by atoms with Gasteiger partial charge in [0.25, 0.3) is 5.91 Å². The van der Waals surface area contributed by atoms with Crippen LogP contribution in [0.3, 0.4) is 0 Å². The third-order valence-corrected chi connectivity index (χ3v) is 5.05. The molecule has 0 aliphatic carbocycles. The molecule has 1 amide bonds. The van der Waals surface area contributed by atoms with Gasteiger partial charge >= 0.3 is 0 Å². The Bertz CT molecular complexity index is 602. The van der Waals surface area contributed by atoms with Gasteiger partial charge in [-0.15, -0.1) is 12.4 Å². The Labute approximate surface area is 125 Å². The van der Waals surface area contributed by atoms with Gasteiger partial charge in [0.05, 0.1) is 11.5 Å². The Hall–Kier alpha value is -1.27. The van der Waals surface area contributed by atoms with Crippen molar-refractivity contribution in [2.45, 2.75) is 13.3 Å². The third-order valence-electron chi connectivity index (χ3n) is 3.33. The Morgan fingerprint density at radius 1 is 1.25 bits per heavy atom. The minimum atomic E-state index is -3.00. The molecule has 0 atom stereocenters. The summed E-state index contributed by atoms with van der Waals surface area (Å²) >= 11 is 0. The number of carbonyl (C=O) groups is 1. The number of rotatable bonds is 1. The number of hydrogen-bond donors (Lipinski definition) is 1. The number of aryl methyl sites for hydroxylation is 1. The summed E-state index contributed by atoms with van der Waals surface area (Å²) in [6.45, 7) is 2.59. The molecule has 1 aliphatic rings. The number of nitrogens with zero attached hydrogens (tertiary/aromatic N) is 1. The van der Waals surface area contributed by atoms with E-state index in [1.807, 2.05) is 6.92 Å². The maximum Gasteiger partial charge on any atom is 0.254 e. The first-order valence-electron chi connectivity index (χ1n) is 6.25. The monoisotopic (exact) mass is 318 g/mol. The minimum absolute atomic E-state index is 0. The normalized spacial score (nSPS) is 17.9. The van der Waals surface area contributed by atoms with Gasteiger partial charge < -0.3 is 10.6 Å². The summed E-state index contributed by atoms with van der Waals surface area (Å²) in [4.78, 5) is 14.0. The quantitative estimate of drug-likeness (QED) is 0.790. The number of anilines is 1. The highest BCUT2D eigenvalue weighted by molar-refractivity contribution is 7.91. The molecule has 2 rings (SSSR count). The van der Waals surface area contributed by atoms with Gasteiger partial charge in [-0.25, -0.2) is 8.42 Å². The van der Waals surface area contributed by atoms with Crippen LogP contribution in [0.1, 0.15) is 22.3 Å². The van der Waals surface area contributed by atoms with Crippen molar-refractivity contribution in [1.29, 1.82) is 0 Å². The van der Waals surface area contributed by atoms with Crippen LogP contribution in [-0.2, 0) is 9.84 Å². The van der Waals surface area contributed by atoms with Gasteiger partial charge in [0.15, 0.2) is 9.84 Å². The molecule has 1 saturated heterocycles. The molecule has 1 aromatic carbocycles. The average molecular weight is 319 g/mol. The predicted molar refractivity (Wildman–Crippen MR) is 82.0 cm³/mol. The summed E-state index contributed by atoms with van der Waals surface area (Å²) in [5.74, 6) is 0.0641. The van der Waals surface area contributed by atoms with E-state index in [9.17, 15) is 13.2 Å². The van der Waals surface area contributed by atoms with Crippen molar-refractivity contribution in [2.75, 3.05) is 30.3 Å². The predicted octanol–water partition coefficient (Wildman–Crippen LogP) is 1.26. The van der Waals surface area contributed by atoms with Crippen LogP contribution in [0.25, 0.3) is 0 Å². The van der Waals surface area contributed by atoms with Crippen LogP contribution in [0.15, 0.2) is 18.2 Å². The van der Waals surface area contributed by atoms with Gasteiger partial charge in [-0.2, -0.15) is 0 Å². The van der Waals surface area contributed by atoms with Gasteiger partial charge in [-0.3, -0.25) is 4.79 Å². The lowest BCUT2D eigenvalue weighted by Crippen LogP contribution is -2.34. The molecule has 1 heterocycles. The molecule has 20 heavy (non-hydrogen) atoms. The van der Waals surface area contributed by atoms with Gasteiger partial charge in [-0.05, 0) is 31.0 Å². The number of benzene rings is 1. The first-order valence-corrected chi connectivity index (χ1v) is 8.07. The van der Waals surface area contributed by atoms with Crippen LogP contribution in [-0.4, -0.2) is 43.8 Å². The zero-order valence-electron chi connectivity index (χ0n) is 11.3. The lowest BCUT2D eigenvalue weighted by Gasteiger charge is -2.21. The van der Waals surface area contributed by atoms with Crippen molar-refractivity contribution in [3.8, 4) is 0 Å². The molecule has 1 aliphatic heterocycles. The highest BCUT2D eigenvalue weighted by Gasteiger charge is 2.24. The molecule has 7 heteroatoms. The average Bonchev–Trinajstić information content (AvgIpc) is 2.52. The van der Waals surface area contributed by atoms with E-state index in [1.165, 1.54) is 0 Å². The van der Waals surface area contributed by atoms with E-state index < -0.39 is 9.84 Å². The molecule has 0 unspecified atom stereocenters. The summed E-state index contributed by atoms with van der Waals surface area (Å²) in [5.41, 5.74) is 7.65. The van der Waals surface area contributed by atoms with Crippen molar-refractivity contribution < 1.29 is 13.2 Å². The van der Waals surface area contributed by atoms with Crippen LogP contribution in [0.2, 0.25) is 0 Å². The number of nitrogens with two attached hydrogens (primary N) is 1. The van der Waals surface area contributed by atoms with E-state index >= 15 is 0 Å². The van der Waals surface area contributed by atoms with Gasteiger partial charge in [-0.1, -0.05) is 6.07 Å². The number of nitrogen functional groups attached to an aromatic ring is 1. The molecular weight excluding hydrogens is 300 g/mol. The second kappa shape index (κ2) is 6.45. The maximum absolute atomic E-state index is 12.4. The molecule has 1 aromatic rings. The zero-order valence-corrected chi connectivity index (χ0v) is 13.0. The van der Waals surface area contributed by atoms with Gasteiger partial charge in [0.1, 0.15) is 0 Å². The Morgan fingerprint density at radius 3 is 2.65 bits per heavy atom. The third kappa shape index (κ3) is 3.86. The number of hydrogen-bond acceptors (Lipinski definition) is 4. The van der Waals surface area contributed by atoms with Crippen molar-refractivity contribution >= 4 is 33.8 Å². The summed E-state index contributed by atoms with van der Waals surface area (Å²) < 4.78 is 23.1. The van der Waals surface area contributed by atoms with E-state index in [0.717, 1.165) is 5.56 Å². The molecule has 5 nitrogen and oxygen atoms in total. The van der Waals surface area contributed by atoms with E-state index in [0.29, 0.717) is 24.2 Å². The minimum Gasteiger partial charge on any atom is -0.399 e. The van der Waals surface area contributed by atoms with Gasteiger partial charge in [0, 0.05) is 24.3 Å². The topological polar surface area (TPSA) is 80.5 Å². The second-order valence-corrected chi connectivity index (χ2v) is 7.18. The van der Waals surface area contributed by atoms with Crippen LogP contribution in [0.5, 0.6) is 0 Å². The van der Waals surface area contributed by atoms with Crippen molar-refractivity contribution in [1.82, 2.24) is 4.90 Å². The number of halogens is 1. The van der Waals surface area contributed by atoms with E-state index in [4.69, 9.17) is 5.73 Å². The molecule has 1 fully saturated rings. The SMILES string of the molecule is Cc1ccc(N)cc1C(=O)N1CCCS(=O)(=O)CC1.Cl. The molecule has 0 radical (unpaired) electrons. The Morgan fingerprint density at radius 2 is 1.95 bits per heavy atom. The fraction of sp³-hybridized carbons (Fsp3) is 0.462. The van der Waals surface area contributed by atoms with E-state index in [2.05, 4.69) is 0 Å². The van der Waals surface area contributed by atoms with Crippen molar-refractivity contribution in [2.24, 2.45) is 0 Å². The van der Waals surface area contributed by atoms with Crippen LogP contribution in [0, 0.1) is 6.92 Å². The molecular formula is C13H19ClN2O3S. The van der Waals surface area contributed by atoms with E-state index in [1.54, 1.807) is 23.1 Å². The summed E-state index contributed by atoms with van der Waals surface area (Å²) in [7, 11) is -3.00. The molecule has 2 N–H and O–H groups in total. The highest BCUT2D eigenvalue weighted by Crippen LogP contribution is 2.16. The smallest absolute Gasteiger partial charge is 0.254 e. The van der Waals surface area contributed by atoms with Crippen LogP contribution >= 0.6 is 12.4 Å². The Balaban J connectivity index is 0.00000200. The van der Waals surface area contributed by atoms with Crippen LogP contribution < -0.4 is 5.73 Å². The fourth-order valence-electron chi connectivity index (χ4n) is 2.18. The zero-order chi connectivity index (χ0) is 14.0. The van der Waals surface area contributed by atoms with E-state index in [-0.39, 0.29) is 36.4 Å². The fourth-order valence-corrected chi connectivity index (χ4v) is 3.45. The molecule has 0 bridgehead atoms. The Kier molecular flexibility index (Phi) is 5.42. The van der Waals surface area contributed by atoms with Crippen molar-refractivity contribution in [3.63, 3.8) is 0 Å². The molecule has 0 saturated carbocycles. The summed E-state index contributed by atoms with van der Waals surface area (Å²) in [5, 5.41) is 0. The standard InChI is InChI=1S/C13H18N2O3S.ClH/c1-10-3-4-11(14)9-12(10)13(16)15-5-2-7-19(17,18)8-6-15;/h3-4,9H,2,5-8,14H2,1H3;1H. The lowest BCUT2D eigenvalue weighted by atomic mass is 10.1. The summed E-state index contributed by atoms with van der Waals surface area (Å²) in [6, 6.07) is 5.20. The van der Waals surface area contributed by atoms with Crippen molar-refractivity contribution in [3.05, 3.63) is 29.3 Å². The first-order chi connectivity index (χ1) is 8.89.